The molecule has 4 aromatic rings. The molecule has 0 aliphatic carbocycles. The fourth-order valence-electron chi connectivity index (χ4n) is 3.78. The Kier molecular flexibility index (Phi) is 8.02. The Morgan fingerprint density at radius 3 is 1.67 bits per heavy atom. The molecule has 0 fully saturated rings. The molecular weight excluding hydrogens is 446 g/mol. The number of thioether (sulfide) groups is 2. The van der Waals surface area contributed by atoms with E-state index in [1.54, 1.807) is 4.68 Å². The molecule has 1 heterocycles. The van der Waals surface area contributed by atoms with E-state index in [0.29, 0.717) is 0 Å². The SMILES string of the molecule is Cc1c(N(CSCc2ccccc2)CSCc2ccccc2)c(=O)n(-c2ccccc2)n1C. The van der Waals surface area contributed by atoms with Gasteiger partial charge in [-0.2, -0.15) is 0 Å². The molecule has 4 rings (SSSR count). The summed E-state index contributed by atoms with van der Waals surface area (Å²) in [5.41, 5.74) is 5.26. The molecule has 0 N–H and O–H groups in total. The summed E-state index contributed by atoms with van der Waals surface area (Å²) in [5, 5.41) is 0. The van der Waals surface area contributed by atoms with Crippen LogP contribution in [0.1, 0.15) is 16.8 Å². The van der Waals surface area contributed by atoms with Gasteiger partial charge in [-0.15, -0.1) is 23.5 Å². The fraction of sp³-hybridized carbons (Fsp3) is 0.222. The van der Waals surface area contributed by atoms with Crippen molar-refractivity contribution >= 4 is 29.2 Å². The van der Waals surface area contributed by atoms with Crippen LogP contribution in [0.2, 0.25) is 0 Å². The Bertz CT molecular complexity index is 1160. The molecule has 0 amide bonds. The van der Waals surface area contributed by atoms with Crippen molar-refractivity contribution in [1.82, 2.24) is 9.36 Å². The Morgan fingerprint density at radius 2 is 1.18 bits per heavy atom. The van der Waals surface area contributed by atoms with E-state index in [0.717, 1.165) is 40.3 Å². The third-order valence-corrected chi connectivity index (χ3v) is 7.62. The second-order valence-corrected chi connectivity index (χ2v) is 9.79. The van der Waals surface area contributed by atoms with Gasteiger partial charge in [-0.25, -0.2) is 4.68 Å². The second-order valence-electron chi connectivity index (χ2n) is 7.88. The maximum Gasteiger partial charge on any atom is 0.295 e. The van der Waals surface area contributed by atoms with Crippen molar-refractivity contribution in [2.75, 3.05) is 16.7 Å². The number of hydrogen-bond acceptors (Lipinski definition) is 4. The first-order valence-corrected chi connectivity index (χ1v) is 13.3. The van der Waals surface area contributed by atoms with E-state index >= 15 is 0 Å². The molecule has 0 unspecified atom stereocenters. The zero-order valence-electron chi connectivity index (χ0n) is 19.1. The highest BCUT2D eigenvalue weighted by molar-refractivity contribution is 7.99. The highest BCUT2D eigenvalue weighted by atomic mass is 32.2. The van der Waals surface area contributed by atoms with Gasteiger partial charge in [-0.05, 0) is 30.2 Å². The van der Waals surface area contributed by atoms with Crippen LogP contribution in [0.5, 0.6) is 0 Å². The van der Waals surface area contributed by atoms with Crippen LogP contribution in [0.3, 0.4) is 0 Å². The molecule has 0 saturated carbocycles. The average molecular weight is 476 g/mol. The average Bonchev–Trinajstić information content (AvgIpc) is 3.08. The molecule has 33 heavy (non-hydrogen) atoms. The van der Waals surface area contributed by atoms with E-state index in [1.807, 2.05) is 84.6 Å². The molecular formula is C27H29N3OS2. The van der Waals surface area contributed by atoms with Gasteiger partial charge in [0.2, 0.25) is 0 Å². The topological polar surface area (TPSA) is 30.2 Å². The Labute approximate surface area is 204 Å². The van der Waals surface area contributed by atoms with Gasteiger partial charge < -0.3 is 4.90 Å². The van der Waals surface area contributed by atoms with Crippen molar-refractivity contribution in [3.63, 3.8) is 0 Å². The predicted molar refractivity (Wildman–Crippen MR) is 143 cm³/mol. The molecule has 0 bridgehead atoms. The monoisotopic (exact) mass is 475 g/mol. The number of rotatable bonds is 10. The lowest BCUT2D eigenvalue weighted by atomic mass is 10.2. The number of anilines is 1. The Morgan fingerprint density at radius 1 is 0.727 bits per heavy atom. The predicted octanol–water partition coefficient (Wildman–Crippen LogP) is 6.07. The van der Waals surface area contributed by atoms with Crippen LogP contribution < -0.4 is 10.5 Å². The summed E-state index contributed by atoms with van der Waals surface area (Å²) < 4.78 is 3.73. The van der Waals surface area contributed by atoms with E-state index in [1.165, 1.54) is 11.1 Å². The van der Waals surface area contributed by atoms with Crippen molar-refractivity contribution in [1.29, 1.82) is 0 Å². The lowest BCUT2D eigenvalue weighted by Gasteiger charge is -2.23. The van der Waals surface area contributed by atoms with Crippen LogP contribution in [0.4, 0.5) is 5.69 Å². The van der Waals surface area contributed by atoms with Gasteiger partial charge in [-0.1, -0.05) is 78.9 Å². The van der Waals surface area contributed by atoms with Crippen LogP contribution in [0.15, 0.2) is 95.8 Å². The van der Waals surface area contributed by atoms with Crippen molar-refractivity contribution in [3.05, 3.63) is 118 Å². The number of hydrogen-bond donors (Lipinski definition) is 0. The zero-order valence-corrected chi connectivity index (χ0v) is 20.7. The van der Waals surface area contributed by atoms with Crippen LogP contribution in [-0.4, -0.2) is 21.1 Å². The minimum atomic E-state index is 0.0295. The van der Waals surface area contributed by atoms with Crippen molar-refractivity contribution < 1.29 is 0 Å². The number of benzene rings is 3. The Hall–Kier alpha value is -2.83. The zero-order chi connectivity index (χ0) is 23.0. The first-order valence-electron chi connectivity index (χ1n) is 11.0. The highest BCUT2D eigenvalue weighted by Gasteiger charge is 2.21. The van der Waals surface area contributed by atoms with Gasteiger partial charge in [0.05, 0.1) is 23.1 Å². The molecule has 6 heteroatoms. The fourth-order valence-corrected chi connectivity index (χ4v) is 5.82. The lowest BCUT2D eigenvalue weighted by molar-refractivity contribution is 0.630. The number of nitrogens with zero attached hydrogens (tertiary/aromatic N) is 3. The Balaban J connectivity index is 1.57. The van der Waals surface area contributed by atoms with E-state index in [-0.39, 0.29) is 5.56 Å². The van der Waals surface area contributed by atoms with Crippen molar-refractivity contribution in [2.45, 2.75) is 18.4 Å². The summed E-state index contributed by atoms with van der Waals surface area (Å²) in [6.07, 6.45) is 0. The van der Waals surface area contributed by atoms with Crippen molar-refractivity contribution in [2.24, 2.45) is 7.05 Å². The molecule has 0 aliphatic rings. The second kappa shape index (κ2) is 11.3. The van der Waals surface area contributed by atoms with E-state index in [9.17, 15) is 4.79 Å². The largest absolute Gasteiger partial charge is 0.347 e. The minimum Gasteiger partial charge on any atom is -0.347 e. The van der Waals surface area contributed by atoms with Crippen LogP contribution in [0.25, 0.3) is 5.69 Å². The first-order chi connectivity index (χ1) is 16.1. The standard InChI is InChI=1S/C27H29N3OS2/c1-22-26(27(31)30(28(22)2)25-16-10-5-11-17-25)29(20-32-18-23-12-6-3-7-13-23)21-33-19-24-14-8-4-9-15-24/h3-17H,18-21H2,1-2H3. The van der Waals surface area contributed by atoms with Gasteiger partial charge in [0.1, 0.15) is 5.69 Å². The minimum absolute atomic E-state index is 0.0295. The van der Waals surface area contributed by atoms with Gasteiger partial charge in [-0.3, -0.25) is 9.48 Å². The molecule has 0 aliphatic heterocycles. The maximum absolute atomic E-state index is 13.6. The number of aromatic nitrogens is 2. The van der Waals surface area contributed by atoms with Crippen molar-refractivity contribution in [3.8, 4) is 5.69 Å². The molecule has 170 valence electrons. The molecule has 0 atom stereocenters. The molecule has 0 saturated heterocycles. The lowest BCUT2D eigenvalue weighted by Crippen LogP contribution is -2.29. The quantitative estimate of drug-likeness (QED) is 0.260. The first kappa shape index (κ1) is 23.3. The van der Waals surface area contributed by atoms with Gasteiger partial charge in [0.25, 0.3) is 5.56 Å². The smallest absolute Gasteiger partial charge is 0.295 e. The van der Waals surface area contributed by atoms with Crippen LogP contribution >= 0.6 is 23.5 Å². The maximum atomic E-state index is 13.6. The summed E-state index contributed by atoms with van der Waals surface area (Å²) >= 11 is 3.68. The van der Waals surface area contributed by atoms with Gasteiger partial charge in [0, 0.05) is 18.6 Å². The van der Waals surface area contributed by atoms with Gasteiger partial charge >= 0.3 is 0 Å². The summed E-state index contributed by atoms with van der Waals surface area (Å²) in [5.74, 6) is 3.34. The summed E-state index contributed by atoms with van der Waals surface area (Å²) in [6.45, 7) is 2.03. The summed E-state index contributed by atoms with van der Waals surface area (Å²) in [6, 6.07) is 30.8. The molecule has 0 radical (unpaired) electrons. The van der Waals surface area contributed by atoms with E-state index in [4.69, 9.17) is 0 Å². The van der Waals surface area contributed by atoms with E-state index in [2.05, 4.69) is 53.4 Å². The van der Waals surface area contributed by atoms with Gasteiger partial charge in [0.15, 0.2) is 0 Å². The molecule has 1 aromatic heterocycles. The normalized spacial score (nSPS) is 11.0. The molecule has 0 spiro atoms. The molecule has 4 nitrogen and oxygen atoms in total. The van der Waals surface area contributed by atoms with E-state index < -0.39 is 0 Å². The third-order valence-electron chi connectivity index (χ3n) is 5.56. The highest BCUT2D eigenvalue weighted by Crippen LogP contribution is 2.25. The van der Waals surface area contributed by atoms with Crippen LogP contribution in [-0.2, 0) is 18.6 Å². The number of para-hydroxylation sites is 1. The summed E-state index contributed by atoms with van der Waals surface area (Å²) in [7, 11) is 1.96. The third kappa shape index (κ3) is 5.75. The summed E-state index contributed by atoms with van der Waals surface area (Å²) in [4.78, 5) is 15.8. The molecule has 3 aromatic carbocycles. The van der Waals surface area contributed by atoms with Crippen LogP contribution in [0, 0.1) is 6.92 Å².